The van der Waals surface area contributed by atoms with Crippen LogP contribution in [0.3, 0.4) is 0 Å². The molecule has 0 amide bonds. The first-order valence-corrected chi connectivity index (χ1v) is 5.00. The fourth-order valence-electron chi connectivity index (χ4n) is 0.767. The summed E-state index contributed by atoms with van der Waals surface area (Å²) in [5.41, 5.74) is 5.45. The average molecular weight is 188 g/mol. The quantitative estimate of drug-likeness (QED) is 0.618. The van der Waals surface area contributed by atoms with Gasteiger partial charge in [0, 0.05) is 6.04 Å². The second-order valence-electron chi connectivity index (χ2n) is 4.17. The zero-order chi connectivity index (χ0) is 10.5. The Morgan fingerprint density at radius 3 is 2.31 bits per heavy atom. The monoisotopic (exact) mass is 188 g/mol. The van der Waals surface area contributed by atoms with E-state index in [2.05, 4.69) is 26.1 Å². The summed E-state index contributed by atoms with van der Waals surface area (Å²) in [4.78, 5) is 0. The lowest BCUT2D eigenvalue weighted by molar-refractivity contribution is -0.0622. The average Bonchev–Trinajstić information content (AvgIpc) is 2.03. The highest BCUT2D eigenvalue weighted by Crippen LogP contribution is 2.14. The van der Waals surface area contributed by atoms with E-state index < -0.39 is 5.72 Å². The molecule has 0 aromatic rings. The molecule has 3 nitrogen and oxygen atoms in total. The van der Waals surface area contributed by atoms with Crippen molar-refractivity contribution in [2.45, 2.75) is 45.9 Å². The molecule has 13 heavy (non-hydrogen) atoms. The van der Waals surface area contributed by atoms with Crippen LogP contribution in [0.4, 0.5) is 0 Å². The second-order valence-corrected chi connectivity index (χ2v) is 4.17. The zero-order valence-corrected chi connectivity index (χ0v) is 9.55. The highest BCUT2D eigenvalue weighted by atomic mass is 16.5. The molecule has 80 valence electrons. The molecule has 0 radical (unpaired) electrons. The van der Waals surface area contributed by atoms with Crippen LogP contribution in [0.1, 0.15) is 34.1 Å². The fraction of sp³-hybridized carbons (Fsp3) is 1.00. The van der Waals surface area contributed by atoms with Crippen LogP contribution in [-0.2, 0) is 4.74 Å². The third kappa shape index (κ3) is 5.24. The van der Waals surface area contributed by atoms with Crippen LogP contribution in [0.5, 0.6) is 0 Å². The molecule has 3 N–H and O–H groups in total. The molecule has 0 aromatic carbocycles. The van der Waals surface area contributed by atoms with E-state index in [1.54, 1.807) is 0 Å². The van der Waals surface area contributed by atoms with Gasteiger partial charge in [-0.05, 0) is 33.2 Å². The Balaban J connectivity index is 3.63. The summed E-state index contributed by atoms with van der Waals surface area (Å²) in [5.74, 6) is 0.345. The van der Waals surface area contributed by atoms with E-state index in [9.17, 15) is 0 Å². The smallest absolute Gasteiger partial charge is 0.116 e. The Labute approximate surface area is 82.0 Å². The van der Waals surface area contributed by atoms with Crippen LogP contribution in [0.25, 0.3) is 0 Å². The normalized spacial score (nSPS) is 18.7. The minimum atomic E-state index is -0.493. The summed E-state index contributed by atoms with van der Waals surface area (Å²) in [6.45, 7) is 8.92. The van der Waals surface area contributed by atoms with Crippen LogP contribution in [0, 0.1) is 5.92 Å². The Bertz CT molecular complexity index is 135. The summed E-state index contributed by atoms with van der Waals surface area (Å²) in [7, 11) is 1.95. The maximum Gasteiger partial charge on any atom is 0.116 e. The molecule has 0 spiro atoms. The molecule has 0 heterocycles. The van der Waals surface area contributed by atoms with Crippen molar-refractivity contribution in [1.82, 2.24) is 5.32 Å². The van der Waals surface area contributed by atoms with E-state index in [0.29, 0.717) is 18.6 Å². The Kier molecular flexibility index (Phi) is 5.53. The number of nitrogens with two attached hydrogens (primary N) is 1. The van der Waals surface area contributed by atoms with E-state index in [-0.39, 0.29) is 0 Å². The molecule has 0 aromatic heterocycles. The third-order valence-electron chi connectivity index (χ3n) is 2.60. The Morgan fingerprint density at radius 1 is 1.38 bits per heavy atom. The number of nitrogens with one attached hydrogen (secondary N) is 1. The molecule has 0 saturated heterocycles. The van der Waals surface area contributed by atoms with Crippen molar-refractivity contribution in [1.29, 1.82) is 0 Å². The number of ether oxygens (including phenoxy) is 1. The highest BCUT2D eigenvalue weighted by Gasteiger charge is 2.23. The summed E-state index contributed by atoms with van der Waals surface area (Å²) in [5, 5.41) is 3.16. The largest absolute Gasteiger partial charge is 0.361 e. The Morgan fingerprint density at radius 2 is 1.92 bits per heavy atom. The van der Waals surface area contributed by atoms with Crippen molar-refractivity contribution < 1.29 is 4.74 Å². The van der Waals surface area contributed by atoms with Gasteiger partial charge in [0.15, 0.2) is 0 Å². The topological polar surface area (TPSA) is 47.3 Å². The lowest BCUT2D eigenvalue weighted by atomic mass is 10.0. The lowest BCUT2D eigenvalue weighted by Gasteiger charge is -2.29. The minimum absolute atomic E-state index is 0.345. The maximum atomic E-state index is 5.94. The van der Waals surface area contributed by atoms with Gasteiger partial charge in [-0.1, -0.05) is 13.8 Å². The molecule has 2 unspecified atom stereocenters. The number of hydrogen-bond donors (Lipinski definition) is 2. The van der Waals surface area contributed by atoms with Gasteiger partial charge in [-0.2, -0.15) is 0 Å². The standard InChI is InChI=1S/C10H24N2O/c1-8(2)10(4,11)13-7-6-9(3)12-5/h8-9,12H,6-7,11H2,1-5H3. The number of rotatable bonds is 6. The summed E-state index contributed by atoms with van der Waals surface area (Å²) in [6.07, 6.45) is 0.996. The van der Waals surface area contributed by atoms with Crippen molar-refractivity contribution in [3.63, 3.8) is 0 Å². The van der Waals surface area contributed by atoms with E-state index >= 15 is 0 Å². The third-order valence-corrected chi connectivity index (χ3v) is 2.60. The molecule has 0 aliphatic rings. The van der Waals surface area contributed by atoms with Crippen molar-refractivity contribution in [3.05, 3.63) is 0 Å². The van der Waals surface area contributed by atoms with E-state index in [4.69, 9.17) is 10.5 Å². The van der Waals surface area contributed by atoms with Crippen molar-refractivity contribution in [2.24, 2.45) is 11.7 Å². The van der Waals surface area contributed by atoms with E-state index in [1.807, 2.05) is 14.0 Å². The summed E-state index contributed by atoms with van der Waals surface area (Å²) >= 11 is 0. The lowest BCUT2D eigenvalue weighted by Crippen LogP contribution is -2.45. The molecular formula is C10H24N2O. The molecule has 0 saturated carbocycles. The van der Waals surface area contributed by atoms with E-state index in [0.717, 1.165) is 6.42 Å². The van der Waals surface area contributed by atoms with Gasteiger partial charge in [-0.15, -0.1) is 0 Å². The molecular weight excluding hydrogens is 164 g/mol. The van der Waals surface area contributed by atoms with Crippen LogP contribution in [-0.4, -0.2) is 25.4 Å². The Hall–Kier alpha value is -0.120. The predicted molar refractivity (Wildman–Crippen MR) is 56.5 cm³/mol. The first-order chi connectivity index (χ1) is 5.90. The molecule has 0 aliphatic heterocycles. The molecule has 3 heteroatoms. The number of hydrogen-bond acceptors (Lipinski definition) is 3. The minimum Gasteiger partial charge on any atom is -0.361 e. The summed E-state index contributed by atoms with van der Waals surface area (Å²) in [6, 6.07) is 0.489. The maximum absolute atomic E-state index is 5.94. The van der Waals surface area contributed by atoms with Gasteiger partial charge >= 0.3 is 0 Å². The van der Waals surface area contributed by atoms with Gasteiger partial charge in [0.05, 0.1) is 6.61 Å². The highest BCUT2D eigenvalue weighted by molar-refractivity contribution is 4.71. The predicted octanol–water partition coefficient (Wildman–Crippen LogP) is 1.33. The van der Waals surface area contributed by atoms with Gasteiger partial charge < -0.3 is 15.8 Å². The second kappa shape index (κ2) is 5.58. The van der Waals surface area contributed by atoms with Gasteiger partial charge in [-0.3, -0.25) is 0 Å². The first kappa shape index (κ1) is 12.9. The van der Waals surface area contributed by atoms with Crippen LogP contribution < -0.4 is 11.1 Å². The van der Waals surface area contributed by atoms with Gasteiger partial charge in [0.2, 0.25) is 0 Å². The van der Waals surface area contributed by atoms with Crippen molar-refractivity contribution in [2.75, 3.05) is 13.7 Å². The van der Waals surface area contributed by atoms with Crippen molar-refractivity contribution in [3.8, 4) is 0 Å². The van der Waals surface area contributed by atoms with Gasteiger partial charge in [0.25, 0.3) is 0 Å². The van der Waals surface area contributed by atoms with Crippen molar-refractivity contribution >= 4 is 0 Å². The SMILES string of the molecule is CNC(C)CCOC(C)(N)C(C)C. The van der Waals surface area contributed by atoms with Gasteiger partial charge in [-0.25, -0.2) is 0 Å². The summed E-state index contributed by atoms with van der Waals surface area (Å²) < 4.78 is 5.60. The molecule has 0 rings (SSSR count). The van der Waals surface area contributed by atoms with Crippen LogP contribution in [0.2, 0.25) is 0 Å². The molecule has 0 aliphatic carbocycles. The molecule has 2 atom stereocenters. The molecule has 0 bridgehead atoms. The fourth-order valence-corrected chi connectivity index (χ4v) is 0.767. The van der Waals surface area contributed by atoms with Crippen LogP contribution in [0.15, 0.2) is 0 Å². The van der Waals surface area contributed by atoms with E-state index in [1.165, 1.54) is 0 Å². The zero-order valence-electron chi connectivity index (χ0n) is 9.55. The van der Waals surface area contributed by atoms with Gasteiger partial charge in [0.1, 0.15) is 5.72 Å². The van der Waals surface area contributed by atoms with Crippen LogP contribution >= 0.6 is 0 Å². The first-order valence-electron chi connectivity index (χ1n) is 5.00. The molecule has 0 fully saturated rings.